The minimum absolute atomic E-state index is 0.251. The first-order valence-electron chi connectivity index (χ1n) is 11.8. The van der Waals surface area contributed by atoms with Gasteiger partial charge in [0.1, 0.15) is 17.7 Å². The number of fused-ring (bicyclic) bond motifs is 1. The first-order valence-corrected chi connectivity index (χ1v) is 11.8. The van der Waals surface area contributed by atoms with E-state index in [1.54, 1.807) is 25.7 Å². The molecule has 0 saturated carbocycles. The number of ether oxygens (including phenoxy) is 1. The fourth-order valence-corrected chi connectivity index (χ4v) is 4.15. The molecule has 4 N–H and O–H groups in total. The average Bonchev–Trinajstić information content (AvgIpc) is 3.19. The van der Waals surface area contributed by atoms with E-state index in [-0.39, 0.29) is 24.2 Å². The number of aromatic nitrogens is 1. The maximum absolute atomic E-state index is 13.5. The Balaban J connectivity index is 1.70. The van der Waals surface area contributed by atoms with Crippen molar-refractivity contribution < 1.29 is 29.0 Å². The zero-order valence-electron chi connectivity index (χ0n) is 20.6. The predicted molar refractivity (Wildman–Crippen MR) is 130 cm³/mol. The molecule has 1 aromatic carbocycles. The van der Waals surface area contributed by atoms with Gasteiger partial charge in [-0.15, -0.1) is 0 Å². The van der Waals surface area contributed by atoms with Gasteiger partial charge in [-0.1, -0.05) is 18.2 Å². The van der Waals surface area contributed by atoms with Gasteiger partial charge in [-0.3, -0.25) is 14.4 Å². The Morgan fingerprint density at radius 1 is 1.14 bits per heavy atom. The summed E-state index contributed by atoms with van der Waals surface area (Å²) in [5, 5.41) is 15.2. The Morgan fingerprint density at radius 3 is 2.43 bits per heavy atom. The number of para-hydroxylation sites is 1. The van der Waals surface area contributed by atoms with E-state index in [1.165, 1.54) is 6.92 Å². The van der Waals surface area contributed by atoms with Crippen LogP contribution in [0.5, 0.6) is 0 Å². The monoisotopic (exact) mass is 486 g/mol. The van der Waals surface area contributed by atoms with Crippen LogP contribution in [-0.4, -0.2) is 69.6 Å². The number of hydrogen-bond donors (Lipinski definition) is 4. The molecular weight excluding hydrogens is 452 g/mol. The minimum Gasteiger partial charge on any atom is -0.480 e. The van der Waals surface area contributed by atoms with Crippen molar-refractivity contribution in [2.75, 3.05) is 13.1 Å². The number of nitrogens with one attached hydrogen (secondary N) is 3. The minimum atomic E-state index is -1.10. The van der Waals surface area contributed by atoms with E-state index in [1.807, 2.05) is 30.5 Å². The molecule has 3 rings (SSSR count). The third-order valence-corrected chi connectivity index (χ3v) is 5.99. The number of benzene rings is 1. The Kier molecular flexibility index (Phi) is 8.03. The van der Waals surface area contributed by atoms with Crippen molar-refractivity contribution in [3.8, 4) is 0 Å². The fraction of sp³-hybridized carbons (Fsp3) is 0.520. The van der Waals surface area contributed by atoms with Gasteiger partial charge < -0.3 is 30.4 Å². The van der Waals surface area contributed by atoms with E-state index in [0.29, 0.717) is 25.9 Å². The number of carbonyl (C=O) groups excluding carboxylic acids is 3. The zero-order chi connectivity index (χ0) is 25.8. The number of hydrogen-bond acceptors (Lipinski definition) is 5. The van der Waals surface area contributed by atoms with Crippen LogP contribution in [0.4, 0.5) is 4.79 Å². The highest BCUT2D eigenvalue weighted by atomic mass is 16.6. The van der Waals surface area contributed by atoms with E-state index in [0.717, 1.165) is 16.5 Å². The van der Waals surface area contributed by atoms with E-state index in [9.17, 15) is 19.2 Å². The van der Waals surface area contributed by atoms with Crippen LogP contribution in [0.3, 0.4) is 0 Å². The normalized spacial score (nSPS) is 16.4. The lowest BCUT2D eigenvalue weighted by atomic mass is 9.94. The van der Waals surface area contributed by atoms with Crippen molar-refractivity contribution in [1.82, 2.24) is 20.5 Å². The van der Waals surface area contributed by atoms with Crippen molar-refractivity contribution in [1.29, 1.82) is 0 Å². The maximum Gasteiger partial charge on any atom is 0.408 e. The van der Waals surface area contributed by atoms with Gasteiger partial charge in [0.2, 0.25) is 11.8 Å². The summed E-state index contributed by atoms with van der Waals surface area (Å²) in [5.74, 6) is -2.04. The predicted octanol–water partition coefficient (Wildman–Crippen LogP) is 2.43. The second kappa shape index (κ2) is 10.8. The van der Waals surface area contributed by atoms with Crippen LogP contribution < -0.4 is 10.6 Å². The number of amides is 3. The summed E-state index contributed by atoms with van der Waals surface area (Å²) in [6, 6.07) is 5.92. The second-order valence-corrected chi connectivity index (χ2v) is 9.93. The molecule has 0 unspecified atom stereocenters. The summed E-state index contributed by atoms with van der Waals surface area (Å²) in [6.07, 6.45) is 2.26. The molecular formula is C25H34N4O6. The van der Waals surface area contributed by atoms with Crippen molar-refractivity contribution >= 4 is 34.8 Å². The number of likely N-dealkylation sites (tertiary alicyclic amines) is 1. The molecule has 3 amide bonds. The first kappa shape index (κ1) is 26.1. The number of carboxylic acids is 1. The molecule has 0 spiro atoms. The summed E-state index contributed by atoms with van der Waals surface area (Å²) in [5.41, 5.74) is 1.12. The molecule has 190 valence electrons. The Bertz CT molecular complexity index is 1080. The number of nitrogens with zero attached hydrogens (tertiary/aromatic N) is 1. The van der Waals surface area contributed by atoms with Gasteiger partial charge in [-0.25, -0.2) is 4.79 Å². The number of alkyl carbamates (subject to hydrolysis) is 1. The second-order valence-electron chi connectivity index (χ2n) is 9.93. The van der Waals surface area contributed by atoms with E-state index < -0.39 is 29.7 Å². The van der Waals surface area contributed by atoms with Crippen molar-refractivity contribution in [3.63, 3.8) is 0 Å². The van der Waals surface area contributed by atoms with Gasteiger partial charge in [0.15, 0.2) is 0 Å². The molecule has 0 aliphatic carbocycles. The first-order chi connectivity index (χ1) is 16.4. The topological polar surface area (TPSA) is 141 Å². The van der Waals surface area contributed by atoms with Gasteiger partial charge in [-0.2, -0.15) is 0 Å². The molecule has 10 nitrogen and oxygen atoms in total. The largest absolute Gasteiger partial charge is 0.480 e. The van der Waals surface area contributed by atoms with Crippen LogP contribution in [0.1, 0.15) is 46.1 Å². The molecule has 10 heteroatoms. The molecule has 1 saturated heterocycles. The molecule has 1 aromatic heterocycles. The molecule has 2 aromatic rings. The van der Waals surface area contributed by atoms with Crippen LogP contribution in [0.15, 0.2) is 30.5 Å². The number of aliphatic carboxylic acids is 1. The summed E-state index contributed by atoms with van der Waals surface area (Å²) in [4.78, 5) is 54.2. The SMILES string of the molecule is C[C@H](NC(=O)C1CCN(C(=O)[C@H](Cc2c[nH]c3ccccc23)NC(=O)OC(C)(C)C)CC1)C(=O)O. The molecule has 35 heavy (non-hydrogen) atoms. The van der Waals surface area contributed by atoms with E-state index >= 15 is 0 Å². The summed E-state index contributed by atoms with van der Waals surface area (Å²) >= 11 is 0. The van der Waals surface area contributed by atoms with Crippen LogP contribution in [-0.2, 0) is 25.5 Å². The highest BCUT2D eigenvalue weighted by Crippen LogP contribution is 2.22. The molecule has 2 heterocycles. The van der Waals surface area contributed by atoms with Gasteiger partial charge in [0.25, 0.3) is 0 Å². The Morgan fingerprint density at radius 2 is 1.80 bits per heavy atom. The van der Waals surface area contributed by atoms with Crippen molar-refractivity contribution in [3.05, 3.63) is 36.0 Å². The smallest absolute Gasteiger partial charge is 0.408 e. The molecule has 2 atom stereocenters. The van der Waals surface area contributed by atoms with Crippen LogP contribution in [0.2, 0.25) is 0 Å². The summed E-state index contributed by atoms with van der Waals surface area (Å²) < 4.78 is 5.39. The highest BCUT2D eigenvalue weighted by molar-refractivity contribution is 5.89. The zero-order valence-corrected chi connectivity index (χ0v) is 20.6. The van der Waals surface area contributed by atoms with Gasteiger partial charge in [-0.05, 0) is 52.2 Å². The lowest BCUT2D eigenvalue weighted by Gasteiger charge is -2.34. The molecule has 1 aliphatic heterocycles. The Labute approximate surface area is 204 Å². The summed E-state index contributed by atoms with van der Waals surface area (Å²) in [6.45, 7) is 7.34. The molecule has 0 radical (unpaired) electrons. The molecule has 0 bridgehead atoms. The number of H-pyrrole nitrogens is 1. The van der Waals surface area contributed by atoms with Crippen molar-refractivity contribution in [2.24, 2.45) is 5.92 Å². The average molecular weight is 487 g/mol. The highest BCUT2D eigenvalue weighted by Gasteiger charge is 2.33. The number of rotatable bonds is 7. The fourth-order valence-electron chi connectivity index (χ4n) is 4.15. The number of carboxylic acid groups (broad SMARTS) is 1. The van der Waals surface area contributed by atoms with E-state index in [2.05, 4.69) is 15.6 Å². The quantitative estimate of drug-likeness (QED) is 0.474. The van der Waals surface area contributed by atoms with Crippen LogP contribution >= 0.6 is 0 Å². The van der Waals surface area contributed by atoms with Crippen LogP contribution in [0, 0.1) is 5.92 Å². The standard InChI is InChI=1S/C25H34N4O6/c1-15(23(32)33)27-21(30)16-9-11-29(12-10-16)22(31)20(28-24(34)35-25(2,3)4)13-17-14-26-19-8-6-5-7-18(17)19/h5-8,14-16,20,26H,9-13H2,1-4H3,(H,27,30)(H,28,34)(H,32,33)/t15-,20-/m0/s1. The molecule has 1 fully saturated rings. The van der Waals surface area contributed by atoms with Gasteiger partial charge in [0, 0.05) is 42.5 Å². The number of aromatic amines is 1. The number of piperidine rings is 1. The lowest BCUT2D eigenvalue weighted by molar-refractivity contribution is -0.142. The summed E-state index contributed by atoms with van der Waals surface area (Å²) in [7, 11) is 0. The number of carbonyl (C=O) groups is 4. The van der Waals surface area contributed by atoms with Gasteiger partial charge >= 0.3 is 12.1 Å². The maximum atomic E-state index is 13.5. The van der Waals surface area contributed by atoms with E-state index in [4.69, 9.17) is 9.84 Å². The van der Waals surface area contributed by atoms with Crippen LogP contribution in [0.25, 0.3) is 10.9 Å². The Hall–Kier alpha value is -3.56. The third kappa shape index (κ3) is 6.97. The lowest BCUT2D eigenvalue weighted by Crippen LogP contribution is -2.53. The molecule has 1 aliphatic rings. The van der Waals surface area contributed by atoms with Gasteiger partial charge in [0.05, 0.1) is 0 Å². The van der Waals surface area contributed by atoms with Crippen molar-refractivity contribution in [2.45, 2.75) is 64.6 Å². The third-order valence-electron chi connectivity index (χ3n) is 5.99.